The zero-order valence-electron chi connectivity index (χ0n) is 15.5. The maximum absolute atomic E-state index is 13.0. The van der Waals surface area contributed by atoms with Crippen molar-refractivity contribution in [3.05, 3.63) is 77.0 Å². The van der Waals surface area contributed by atoms with Crippen LogP contribution in [0.3, 0.4) is 0 Å². The minimum absolute atomic E-state index is 0.156. The number of hydrogen-bond acceptors (Lipinski definition) is 7. The van der Waals surface area contributed by atoms with Crippen LogP contribution in [0.2, 0.25) is 0 Å². The number of carbonyl (C=O) groups is 1. The predicted molar refractivity (Wildman–Crippen MR) is 102 cm³/mol. The van der Waals surface area contributed by atoms with Gasteiger partial charge >= 0.3 is 5.97 Å². The van der Waals surface area contributed by atoms with Gasteiger partial charge in [-0.05, 0) is 40.6 Å². The lowest BCUT2D eigenvalue weighted by Crippen LogP contribution is -2.29. The molecule has 0 unspecified atom stereocenters. The third-order valence-corrected chi connectivity index (χ3v) is 4.58. The van der Waals surface area contributed by atoms with Crippen LogP contribution in [0.15, 0.2) is 65.9 Å². The first-order valence-electron chi connectivity index (χ1n) is 8.78. The molecule has 1 aliphatic rings. The van der Waals surface area contributed by atoms with E-state index in [9.17, 15) is 4.79 Å². The van der Waals surface area contributed by atoms with E-state index in [1.165, 1.54) is 0 Å². The smallest absolute Gasteiger partial charge is 0.338 e. The van der Waals surface area contributed by atoms with Gasteiger partial charge in [0.25, 0.3) is 0 Å². The van der Waals surface area contributed by atoms with Crippen molar-refractivity contribution in [2.75, 3.05) is 12.4 Å². The van der Waals surface area contributed by atoms with Crippen LogP contribution in [0.1, 0.15) is 24.1 Å². The van der Waals surface area contributed by atoms with Crippen LogP contribution in [-0.4, -0.2) is 33.3 Å². The molecule has 0 saturated heterocycles. The molecule has 1 aromatic heterocycles. The summed E-state index contributed by atoms with van der Waals surface area (Å²) < 4.78 is 12.3. The van der Waals surface area contributed by atoms with Gasteiger partial charge in [-0.3, -0.25) is 0 Å². The lowest BCUT2D eigenvalue weighted by atomic mass is 9.96. The number of hydrogen-bond donors (Lipinski definition) is 1. The fourth-order valence-corrected chi connectivity index (χ4v) is 3.17. The van der Waals surface area contributed by atoms with E-state index in [1.807, 2.05) is 61.5 Å². The minimum atomic E-state index is -0.462. The zero-order chi connectivity index (χ0) is 19.5. The molecule has 0 spiro atoms. The predicted octanol–water partition coefficient (Wildman–Crippen LogP) is 2.71. The van der Waals surface area contributed by atoms with Crippen molar-refractivity contribution in [2.24, 2.45) is 0 Å². The summed E-state index contributed by atoms with van der Waals surface area (Å²) in [5.41, 5.74) is 2.90. The topological polar surface area (TPSA) is 91.2 Å². The number of ether oxygens (including phenoxy) is 2. The summed E-state index contributed by atoms with van der Waals surface area (Å²) in [5.74, 6) is 0.814. The molecule has 8 heteroatoms. The molecule has 8 nitrogen and oxygen atoms in total. The average molecular weight is 377 g/mol. The summed E-state index contributed by atoms with van der Waals surface area (Å²) in [4.78, 5) is 13.0. The maximum Gasteiger partial charge on any atom is 0.338 e. The van der Waals surface area contributed by atoms with Crippen LogP contribution in [0.4, 0.5) is 5.95 Å². The van der Waals surface area contributed by atoms with Crippen LogP contribution in [0.5, 0.6) is 5.75 Å². The average Bonchev–Trinajstić information content (AvgIpc) is 3.20. The molecule has 2 aromatic carbocycles. The fourth-order valence-electron chi connectivity index (χ4n) is 3.17. The highest BCUT2D eigenvalue weighted by atomic mass is 16.5. The van der Waals surface area contributed by atoms with Crippen LogP contribution in [0, 0.1) is 0 Å². The van der Waals surface area contributed by atoms with Gasteiger partial charge in [0.05, 0.1) is 12.7 Å². The fraction of sp³-hybridized carbons (Fsp3) is 0.200. The normalized spacial score (nSPS) is 15.6. The number of esters is 1. The third-order valence-electron chi connectivity index (χ3n) is 4.58. The number of methoxy groups -OCH3 is 1. The van der Waals surface area contributed by atoms with E-state index in [-0.39, 0.29) is 6.61 Å². The Morgan fingerprint density at radius 2 is 1.89 bits per heavy atom. The molecule has 2 heterocycles. The Labute approximate surface area is 161 Å². The molecular weight excluding hydrogens is 358 g/mol. The maximum atomic E-state index is 13.0. The number of nitrogens with zero attached hydrogens (tertiary/aromatic N) is 4. The SMILES string of the molecule is COc1ccc(COC(=O)C2=C(C)Nc3nnnn3[C@@H]2c2ccccc2)cc1. The molecule has 3 aromatic rings. The van der Waals surface area contributed by atoms with Gasteiger partial charge < -0.3 is 14.8 Å². The molecule has 1 atom stereocenters. The number of tetrazole rings is 1. The summed E-state index contributed by atoms with van der Waals surface area (Å²) in [6.07, 6.45) is 0. The minimum Gasteiger partial charge on any atom is -0.497 e. The number of rotatable bonds is 5. The molecule has 0 fully saturated rings. The van der Waals surface area contributed by atoms with Crippen molar-refractivity contribution in [2.45, 2.75) is 19.6 Å². The van der Waals surface area contributed by atoms with Crippen molar-refractivity contribution in [3.63, 3.8) is 0 Å². The van der Waals surface area contributed by atoms with Crippen LogP contribution >= 0.6 is 0 Å². The van der Waals surface area contributed by atoms with E-state index in [4.69, 9.17) is 9.47 Å². The largest absolute Gasteiger partial charge is 0.497 e. The highest BCUT2D eigenvalue weighted by Gasteiger charge is 2.34. The second-order valence-corrected chi connectivity index (χ2v) is 6.35. The Balaban J connectivity index is 1.61. The molecule has 142 valence electrons. The number of carbonyl (C=O) groups excluding carboxylic acids is 1. The monoisotopic (exact) mass is 377 g/mol. The number of anilines is 1. The molecule has 0 bridgehead atoms. The van der Waals surface area contributed by atoms with Crippen molar-refractivity contribution in [1.82, 2.24) is 20.2 Å². The lowest BCUT2D eigenvalue weighted by molar-refractivity contribution is -0.140. The molecule has 0 amide bonds. The Bertz CT molecular complexity index is 1010. The molecule has 4 rings (SSSR count). The standard InChI is InChI=1S/C20H19N5O3/c1-13-17(19(26)28-12-14-8-10-16(27-2)11-9-14)18(15-6-4-3-5-7-15)25-20(21-13)22-23-24-25/h3-11,18H,12H2,1-2H3,(H,21,22,24)/t18-/m1/s1. The Kier molecular flexibility index (Phi) is 4.76. The highest BCUT2D eigenvalue weighted by Crippen LogP contribution is 2.34. The van der Waals surface area contributed by atoms with Gasteiger partial charge in [0, 0.05) is 5.70 Å². The van der Waals surface area contributed by atoms with Gasteiger partial charge in [-0.25, -0.2) is 4.79 Å². The van der Waals surface area contributed by atoms with Crippen molar-refractivity contribution < 1.29 is 14.3 Å². The van der Waals surface area contributed by atoms with Gasteiger partial charge in [0.15, 0.2) is 0 Å². The molecule has 1 N–H and O–H groups in total. The van der Waals surface area contributed by atoms with Crippen molar-refractivity contribution in [3.8, 4) is 5.75 Å². The van der Waals surface area contributed by atoms with Gasteiger partial charge in [0.1, 0.15) is 18.4 Å². The van der Waals surface area contributed by atoms with E-state index in [2.05, 4.69) is 20.8 Å². The first-order valence-corrected chi connectivity index (χ1v) is 8.78. The van der Waals surface area contributed by atoms with E-state index in [0.717, 1.165) is 16.9 Å². The zero-order valence-corrected chi connectivity index (χ0v) is 15.5. The Hall–Kier alpha value is -3.68. The lowest BCUT2D eigenvalue weighted by Gasteiger charge is -2.27. The Morgan fingerprint density at radius 3 is 2.61 bits per heavy atom. The first-order chi connectivity index (χ1) is 13.7. The first kappa shape index (κ1) is 17.7. The number of allylic oxidation sites excluding steroid dienone is 1. The number of nitrogens with one attached hydrogen (secondary N) is 1. The summed E-state index contributed by atoms with van der Waals surface area (Å²) in [7, 11) is 1.61. The second-order valence-electron chi connectivity index (χ2n) is 6.35. The van der Waals surface area contributed by atoms with Crippen molar-refractivity contribution >= 4 is 11.9 Å². The van der Waals surface area contributed by atoms with Gasteiger partial charge in [0.2, 0.25) is 5.95 Å². The van der Waals surface area contributed by atoms with E-state index >= 15 is 0 Å². The third kappa shape index (κ3) is 3.32. The van der Waals surface area contributed by atoms with E-state index in [0.29, 0.717) is 17.2 Å². The summed E-state index contributed by atoms with van der Waals surface area (Å²) in [5, 5.41) is 14.8. The molecule has 0 saturated carbocycles. The molecule has 28 heavy (non-hydrogen) atoms. The van der Waals surface area contributed by atoms with Crippen LogP contribution in [0.25, 0.3) is 0 Å². The number of benzene rings is 2. The molecule has 0 aliphatic carbocycles. The molecule has 1 aliphatic heterocycles. The summed E-state index contributed by atoms with van der Waals surface area (Å²) in [6.45, 7) is 1.97. The molecule has 0 radical (unpaired) electrons. The van der Waals surface area contributed by atoms with Gasteiger partial charge in [-0.15, -0.1) is 0 Å². The molecular formula is C20H19N5O3. The van der Waals surface area contributed by atoms with E-state index < -0.39 is 12.0 Å². The quantitative estimate of drug-likeness (QED) is 0.684. The number of aromatic nitrogens is 4. The van der Waals surface area contributed by atoms with Gasteiger partial charge in [-0.1, -0.05) is 47.6 Å². The van der Waals surface area contributed by atoms with Crippen molar-refractivity contribution in [1.29, 1.82) is 0 Å². The summed E-state index contributed by atoms with van der Waals surface area (Å²) >= 11 is 0. The number of fused-ring (bicyclic) bond motifs is 1. The van der Waals surface area contributed by atoms with Gasteiger partial charge in [-0.2, -0.15) is 4.68 Å². The summed E-state index contributed by atoms with van der Waals surface area (Å²) in [6, 6.07) is 16.5. The Morgan fingerprint density at radius 1 is 1.14 bits per heavy atom. The van der Waals surface area contributed by atoms with E-state index in [1.54, 1.807) is 11.8 Å². The second kappa shape index (κ2) is 7.51. The van der Waals surface area contributed by atoms with Crippen LogP contribution in [-0.2, 0) is 16.1 Å². The van der Waals surface area contributed by atoms with Crippen LogP contribution < -0.4 is 10.1 Å². The highest BCUT2D eigenvalue weighted by molar-refractivity contribution is 5.92.